The topological polar surface area (TPSA) is 64.3 Å². The van der Waals surface area contributed by atoms with Crippen molar-refractivity contribution in [1.29, 1.82) is 0 Å². The standard InChI is InChI=1S/C14H19ClN2O2/c1-9(2)19-12-5-4-10(8-11(12)15)17-13(18)14(16)6-3-7-14/h4-5,8-9H,3,6-7,16H2,1-2H3,(H,17,18). The van der Waals surface area contributed by atoms with E-state index in [1.807, 2.05) is 13.8 Å². The smallest absolute Gasteiger partial charge is 0.244 e. The third-order valence-corrected chi connectivity index (χ3v) is 3.55. The number of rotatable bonds is 4. The fourth-order valence-corrected chi connectivity index (χ4v) is 2.19. The van der Waals surface area contributed by atoms with Crippen molar-refractivity contribution in [2.24, 2.45) is 5.73 Å². The average Bonchev–Trinajstić information content (AvgIpc) is 2.29. The van der Waals surface area contributed by atoms with Crippen LogP contribution >= 0.6 is 11.6 Å². The second-order valence-electron chi connectivity index (χ2n) is 5.28. The molecule has 3 N–H and O–H groups in total. The SMILES string of the molecule is CC(C)Oc1ccc(NC(=O)C2(N)CCC2)cc1Cl. The minimum Gasteiger partial charge on any atom is -0.489 e. The van der Waals surface area contributed by atoms with Crippen LogP contribution in [0.25, 0.3) is 0 Å². The van der Waals surface area contributed by atoms with Crippen molar-refractivity contribution in [3.63, 3.8) is 0 Å². The fraction of sp³-hybridized carbons (Fsp3) is 0.500. The van der Waals surface area contributed by atoms with Gasteiger partial charge in [-0.15, -0.1) is 0 Å². The summed E-state index contributed by atoms with van der Waals surface area (Å²) in [5.74, 6) is 0.466. The highest BCUT2D eigenvalue weighted by Crippen LogP contribution is 2.32. The number of hydrogen-bond donors (Lipinski definition) is 2. The number of carbonyl (C=O) groups is 1. The number of anilines is 1. The molecule has 0 spiro atoms. The van der Waals surface area contributed by atoms with Gasteiger partial charge in [-0.3, -0.25) is 4.79 Å². The third kappa shape index (κ3) is 3.19. The van der Waals surface area contributed by atoms with Crippen LogP contribution in [0, 0.1) is 0 Å². The minimum atomic E-state index is -0.709. The van der Waals surface area contributed by atoms with Crippen molar-refractivity contribution in [1.82, 2.24) is 0 Å². The second-order valence-corrected chi connectivity index (χ2v) is 5.68. The van der Waals surface area contributed by atoms with E-state index in [1.165, 1.54) is 0 Å². The molecular formula is C14H19ClN2O2. The molecule has 1 amide bonds. The van der Waals surface area contributed by atoms with E-state index in [4.69, 9.17) is 22.1 Å². The number of nitrogens with one attached hydrogen (secondary N) is 1. The van der Waals surface area contributed by atoms with Gasteiger partial charge in [0.1, 0.15) is 5.75 Å². The summed E-state index contributed by atoms with van der Waals surface area (Å²) in [4.78, 5) is 12.0. The summed E-state index contributed by atoms with van der Waals surface area (Å²) in [7, 11) is 0. The van der Waals surface area contributed by atoms with Crippen molar-refractivity contribution >= 4 is 23.2 Å². The van der Waals surface area contributed by atoms with Crippen LogP contribution in [0.1, 0.15) is 33.1 Å². The van der Waals surface area contributed by atoms with E-state index in [1.54, 1.807) is 18.2 Å². The summed E-state index contributed by atoms with van der Waals surface area (Å²) in [5, 5.41) is 3.28. The Morgan fingerprint density at radius 1 is 1.47 bits per heavy atom. The van der Waals surface area contributed by atoms with Gasteiger partial charge in [0.15, 0.2) is 0 Å². The number of ether oxygens (including phenoxy) is 1. The molecule has 0 saturated heterocycles. The quantitative estimate of drug-likeness (QED) is 0.892. The predicted molar refractivity (Wildman–Crippen MR) is 76.6 cm³/mol. The van der Waals surface area contributed by atoms with E-state index in [9.17, 15) is 4.79 Å². The van der Waals surface area contributed by atoms with Gasteiger partial charge in [0.25, 0.3) is 0 Å². The zero-order chi connectivity index (χ0) is 14.0. The molecule has 1 aromatic carbocycles. The molecule has 0 aliphatic heterocycles. The van der Waals surface area contributed by atoms with Crippen LogP contribution in [-0.4, -0.2) is 17.6 Å². The molecule has 1 aromatic rings. The largest absolute Gasteiger partial charge is 0.489 e. The van der Waals surface area contributed by atoms with Gasteiger partial charge in [0.2, 0.25) is 5.91 Å². The van der Waals surface area contributed by atoms with E-state index in [2.05, 4.69) is 5.32 Å². The zero-order valence-corrected chi connectivity index (χ0v) is 12.0. The summed E-state index contributed by atoms with van der Waals surface area (Å²) in [6, 6.07) is 5.20. The van der Waals surface area contributed by atoms with Crippen LogP contribution in [0.3, 0.4) is 0 Å². The molecule has 19 heavy (non-hydrogen) atoms. The first kappa shape index (κ1) is 14.2. The van der Waals surface area contributed by atoms with Crippen molar-refractivity contribution in [2.45, 2.75) is 44.8 Å². The molecule has 0 bridgehead atoms. The summed E-state index contributed by atoms with van der Waals surface area (Å²) < 4.78 is 5.54. The lowest BCUT2D eigenvalue weighted by Crippen LogP contribution is -2.56. The van der Waals surface area contributed by atoms with Crippen LogP contribution < -0.4 is 15.8 Å². The van der Waals surface area contributed by atoms with Crippen molar-refractivity contribution in [3.8, 4) is 5.75 Å². The van der Waals surface area contributed by atoms with Gasteiger partial charge in [0.05, 0.1) is 16.7 Å². The average molecular weight is 283 g/mol. The summed E-state index contributed by atoms with van der Waals surface area (Å²) >= 11 is 6.11. The minimum absolute atomic E-state index is 0.0558. The molecule has 5 heteroatoms. The Morgan fingerprint density at radius 3 is 2.63 bits per heavy atom. The number of carbonyl (C=O) groups excluding carboxylic acids is 1. The molecule has 1 aliphatic carbocycles. The first-order valence-corrected chi connectivity index (χ1v) is 6.85. The maximum absolute atomic E-state index is 12.0. The Labute approximate surface area is 118 Å². The lowest BCUT2D eigenvalue weighted by molar-refractivity contribution is -0.123. The lowest BCUT2D eigenvalue weighted by atomic mass is 9.77. The van der Waals surface area contributed by atoms with E-state index in [-0.39, 0.29) is 12.0 Å². The Hall–Kier alpha value is -1.26. The molecule has 4 nitrogen and oxygen atoms in total. The summed E-state index contributed by atoms with van der Waals surface area (Å²) in [6.07, 6.45) is 2.54. The van der Waals surface area contributed by atoms with Crippen LogP contribution in [-0.2, 0) is 4.79 Å². The van der Waals surface area contributed by atoms with Crippen molar-refractivity contribution in [3.05, 3.63) is 23.2 Å². The van der Waals surface area contributed by atoms with Crippen molar-refractivity contribution < 1.29 is 9.53 Å². The second kappa shape index (κ2) is 5.39. The molecule has 1 fully saturated rings. The number of nitrogens with two attached hydrogens (primary N) is 1. The Morgan fingerprint density at radius 2 is 2.16 bits per heavy atom. The van der Waals surface area contributed by atoms with Gasteiger partial charge in [-0.2, -0.15) is 0 Å². The maximum atomic E-state index is 12.0. The van der Waals surface area contributed by atoms with Gasteiger partial charge in [-0.1, -0.05) is 11.6 Å². The fourth-order valence-electron chi connectivity index (χ4n) is 1.97. The van der Waals surface area contributed by atoms with E-state index >= 15 is 0 Å². The number of hydrogen-bond acceptors (Lipinski definition) is 3. The van der Waals surface area contributed by atoms with Crippen LogP contribution in [0.2, 0.25) is 5.02 Å². The van der Waals surface area contributed by atoms with E-state index < -0.39 is 5.54 Å². The van der Waals surface area contributed by atoms with Gasteiger partial charge in [0, 0.05) is 5.69 Å². The maximum Gasteiger partial charge on any atom is 0.244 e. The molecule has 1 saturated carbocycles. The van der Waals surface area contributed by atoms with Gasteiger partial charge in [-0.05, 0) is 51.3 Å². The molecule has 0 radical (unpaired) electrons. The highest BCUT2D eigenvalue weighted by atomic mass is 35.5. The van der Waals surface area contributed by atoms with Crippen LogP contribution in [0.4, 0.5) is 5.69 Å². The Balaban J connectivity index is 2.05. The van der Waals surface area contributed by atoms with Crippen LogP contribution in [0.5, 0.6) is 5.75 Å². The molecule has 0 unspecified atom stereocenters. The molecule has 0 atom stereocenters. The van der Waals surface area contributed by atoms with Crippen molar-refractivity contribution in [2.75, 3.05) is 5.32 Å². The summed E-state index contributed by atoms with van der Waals surface area (Å²) in [5.41, 5.74) is 5.89. The highest BCUT2D eigenvalue weighted by Gasteiger charge is 2.40. The lowest BCUT2D eigenvalue weighted by Gasteiger charge is -2.36. The Bertz CT molecular complexity index is 484. The molecule has 0 aromatic heterocycles. The first-order chi connectivity index (χ1) is 8.90. The normalized spacial score (nSPS) is 16.9. The highest BCUT2D eigenvalue weighted by molar-refractivity contribution is 6.32. The Kier molecular flexibility index (Phi) is 4.02. The third-order valence-electron chi connectivity index (χ3n) is 3.25. The van der Waals surface area contributed by atoms with E-state index in [0.29, 0.717) is 16.5 Å². The number of benzene rings is 1. The summed E-state index contributed by atoms with van der Waals surface area (Å²) in [6.45, 7) is 3.86. The molecule has 104 valence electrons. The number of amides is 1. The number of halogens is 1. The molecule has 2 rings (SSSR count). The molecular weight excluding hydrogens is 264 g/mol. The zero-order valence-electron chi connectivity index (χ0n) is 11.2. The molecule has 1 aliphatic rings. The molecule has 0 heterocycles. The van der Waals surface area contributed by atoms with E-state index in [0.717, 1.165) is 19.3 Å². The van der Waals surface area contributed by atoms with Gasteiger partial charge < -0.3 is 15.8 Å². The first-order valence-electron chi connectivity index (χ1n) is 6.47. The van der Waals surface area contributed by atoms with Crippen LogP contribution in [0.15, 0.2) is 18.2 Å². The monoisotopic (exact) mass is 282 g/mol. The van der Waals surface area contributed by atoms with Gasteiger partial charge in [-0.25, -0.2) is 0 Å². The predicted octanol–water partition coefficient (Wildman–Crippen LogP) is 2.95. The van der Waals surface area contributed by atoms with Gasteiger partial charge >= 0.3 is 0 Å².